The Morgan fingerprint density at radius 2 is 1.76 bits per heavy atom. The smallest absolute Gasteiger partial charge is 0.134 e. The van der Waals surface area contributed by atoms with Crippen LogP contribution in [0.5, 0.6) is 0 Å². The van der Waals surface area contributed by atoms with E-state index in [1.165, 1.54) is 12.1 Å². The maximum Gasteiger partial charge on any atom is 0.134 e. The average molecular weight is 233 g/mol. The van der Waals surface area contributed by atoms with Gasteiger partial charge in [0, 0.05) is 12.0 Å². The van der Waals surface area contributed by atoms with Crippen LogP contribution in [-0.2, 0) is 6.42 Å². The van der Waals surface area contributed by atoms with Gasteiger partial charge in [0.15, 0.2) is 0 Å². The molecule has 0 unspecified atom stereocenters. The van der Waals surface area contributed by atoms with Crippen molar-refractivity contribution in [2.45, 2.75) is 19.3 Å². The van der Waals surface area contributed by atoms with E-state index in [0.29, 0.717) is 6.54 Å². The van der Waals surface area contributed by atoms with Gasteiger partial charge < -0.3 is 10.2 Å². The Hall–Kier alpha value is -1.61. The highest BCUT2D eigenvalue weighted by Gasteiger charge is 2.04. The third-order valence-electron chi connectivity index (χ3n) is 2.67. The van der Waals surface area contributed by atoms with E-state index in [-0.39, 0.29) is 5.82 Å². The zero-order chi connectivity index (χ0) is 12.1. The van der Waals surface area contributed by atoms with Crippen LogP contribution in [0.3, 0.4) is 0 Å². The van der Waals surface area contributed by atoms with Crippen LogP contribution in [0.1, 0.15) is 18.6 Å². The van der Waals surface area contributed by atoms with Gasteiger partial charge in [0.1, 0.15) is 17.3 Å². The van der Waals surface area contributed by atoms with E-state index < -0.39 is 0 Å². The molecule has 0 atom stereocenters. The second-order valence-electron chi connectivity index (χ2n) is 4.02. The van der Waals surface area contributed by atoms with E-state index in [2.05, 4.69) is 0 Å². The van der Waals surface area contributed by atoms with Gasteiger partial charge in [0.05, 0.1) is 0 Å². The highest BCUT2D eigenvalue weighted by atomic mass is 19.1. The standard InChI is InChI=1S/C14H16FNO/c15-12-6-4-11(5-7-12)14-9-8-13(17-14)3-1-2-10-16/h4-9H,1-3,10,16H2. The second-order valence-corrected chi connectivity index (χ2v) is 4.02. The van der Waals surface area contributed by atoms with Crippen molar-refractivity contribution in [2.75, 3.05) is 6.54 Å². The van der Waals surface area contributed by atoms with E-state index in [4.69, 9.17) is 10.2 Å². The monoisotopic (exact) mass is 233 g/mol. The summed E-state index contributed by atoms with van der Waals surface area (Å²) >= 11 is 0. The lowest BCUT2D eigenvalue weighted by Gasteiger charge is -1.98. The number of rotatable bonds is 5. The largest absolute Gasteiger partial charge is 0.461 e. The number of nitrogens with two attached hydrogens (primary N) is 1. The first-order valence-electron chi connectivity index (χ1n) is 5.84. The fourth-order valence-electron chi connectivity index (χ4n) is 1.73. The summed E-state index contributed by atoms with van der Waals surface area (Å²) in [6, 6.07) is 10.2. The van der Waals surface area contributed by atoms with Crippen molar-refractivity contribution in [1.29, 1.82) is 0 Å². The van der Waals surface area contributed by atoms with Crippen molar-refractivity contribution in [2.24, 2.45) is 5.73 Å². The zero-order valence-electron chi connectivity index (χ0n) is 9.66. The molecule has 2 rings (SSSR count). The summed E-state index contributed by atoms with van der Waals surface area (Å²) in [7, 11) is 0. The molecule has 0 amide bonds. The molecule has 0 fully saturated rings. The predicted molar refractivity (Wildman–Crippen MR) is 66.1 cm³/mol. The second kappa shape index (κ2) is 5.64. The molecule has 17 heavy (non-hydrogen) atoms. The third kappa shape index (κ3) is 3.17. The molecule has 0 saturated heterocycles. The minimum absolute atomic E-state index is 0.233. The van der Waals surface area contributed by atoms with Gasteiger partial charge >= 0.3 is 0 Å². The summed E-state index contributed by atoms with van der Waals surface area (Å²) in [5, 5.41) is 0. The quantitative estimate of drug-likeness (QED) is 0.804. The zero-order valence-corrected chi connectivity index (χ0v) is 9.66. The minimum Gasteiger partial charge on any atom is -0.461 e. The molecule has 2 aromatic rings. The molecule has 1 heterocycles. The highest BCUT2D eigenvalue weighted by Crippen LogP contribution is 2.23. The first kappa shape index (κ1) is 11.9. The molecule has 0 bridgehead atoms. The average Bonchev–Trinajstić information content (AvgIpc) is 2.79. The van der Waals surface area contributed by atoms with Crippen LogP contribution in [0.2, 0.25) is 0 Å². The highest BCUT2D eigenvalue weighted by molar-refractivity contribution is 5.57. The van der Waals surface area contributed by atoms with Crippen LogP contribution < -0.4 is 5.73 Å². The maximum absolute atomic E-state index is 12.8. The van der Waals surface area contributed by atoms with Gasteiger partial charge in [-0.2, -0.15) is 0 Å². The Morgan fingerprint density at radius 1 is 1.00 bits per heavy atom. The van der Waals surface area contributed by atoms with E-state index in [0.717, 1.165) is 36.3 Å². The number of furan rings is 1. The van der Waals surface area contributed by atoms with Crippen molar-refractivity contribution in [1.82, 2.24) is 0 Å². The lowest BCUT2D eigenvalue weighted by atomic mass is 10.2. The number of halogens is 1. The van der Waals surface area contributed by atoms with Crippen molar-refractivity contribution >= 4 is 0 Å². The van der Waals surface area contributed by atoms with Crippen LogP contribution in [0, 0.1) is 5.82 Å². The molecule has 2 nitrogen and oxygen atoms in total. The lowest BCUT2D eigenvalue weighted by molar-refractivity contribution is 0.510. The number of hydrogen-bond donors (Lipinski definition) is 1. The van der Waals surface area contributed by atoms with Crippen molar-refractivity contribution in [3.05, 3.63) is 48.0 Å². The van der Waals surface area contributed by atoms with E-state index in [9.17, 15) is 4.39 Å². The molecule has 0 aliphatic rings. The summed E-state index contributed by atoms with van der Waals surface area (Å²) in [6.45, 7) is 0.714. The van der Waals surface area contributed by atoms with Crippen LogP contribution in [0.4, 0.5) is 4.39 Å². The van der Waals surface area contributed by atoms with Gasteiger partial charge in [-0.15, -0.1) is 0 Å². The third-order valence-corrected chi connectivity index (χ3v) is 2.67. The molecule has 1 aromatic carbocycles. The van der Waals surface area contributed by atoms with Gasteiger partial charge in [-0.1, -0.05) is 0 Å². The van der Waals surface area contributed by atoms with E-state index in [1.807, 2.05) is 12.1 Å². The summed E-state index contributed by atoms with van der Waals surface area (Å²) < 4.78 is 18.5. The van der Waals surface area contributed by atoms with Gasteiger partial charge in [-0.25, -0.2) is 4.39 Å². The Bertz CT molecular complexity index is 461. The summed E-state index contributed by atoms with van der Waals surface area (Å²) in [5.41, 5.74) is 6.34. The Kier molecular flexibility index (Phi) is 3.94. The van der Waals surface area contributed by atoms with Crippen LogP contribution in [0.15, 0.2) is 40.8 Å². The molecular formula is C14H16FNO. The number of unbranched alkanes of at least 4 members (excludes halogenated alkanes) is 1. The predicted octanol–water partition coefficient (Wildman–Crippen LogP) is 3.37. The molecule has 0 radical (unpaired) electrons. The molecule has 0 aliphatic heterocycles. The molecule has 0 saturated carbocycles. The van der Waals surface area contributed by atoms with E-state index >= 15 is 0 Å². The SMILES string of the molecule is NCCCCc1ccc(-c2ccc(F)cc2)o1. The fourth-order valence-corrected chi connectivity index (χ4v) is 1.73. The van der Waals surface area contributed by atoms with Crippen LogP contribution in [0.25, 0.3) is 11.3 Å². The number of benzene rings is 1. The minimum atomic E-state index is -0.233. The fraction of sp³-hybridized carbons (Fsp3) is 0.286. The van der Waals surface area contributed by atoms with Gasteiger partial charge in [0.25, 0.3) is 0 Å². The van der Waals surface area contributed by atoms with Crippen molar-refractivity contribution in [3.8, 4) is 11.3 Å². The Labute approximate surface area is 100 Å². The van der Waals surface area contributed by atoms with Gasteiger partial charge in [-0.3, -0.25) is 0 Å². The molecule has 1 aromatic heterocycles. The molecule has 0 aliphatic carbocycles. The molecule has 90 valence electrons. The summed E-state index contributed by atoms with van der Waals surface area (Å²) in [6.07, 6.45) is 2.94. The first-order chi connectivity index (χ1) is 8.29. The lowest BCUT2D eigenvalue weighted by Crippen LogP contribution is -1.98. The molecule has 3 heteroatoms. The van der Waals surface area contributed by atoms with Gasteiger partial charge in [0.2, 0.25) is 0 Å². The Morgan fingerprint density at radius 3 is 2.47 bits per heavy atom. The van der Waals surface area contributed by atoms with Gasteiger partial charge in [-0.05, 0) is 55.8 Å². The summed E-state index contributed by atoms with van der Waals surface area (Å²) in [5.74, 6) is 1.51. The molecule has 0 spiro atoms. The molecular weight excluding hydrogens is 217 g/mol. The van der Waals surface area contributed by atoms with E-state index in [1.54, 1.807) is 12.1 Å². The van der Waals surface area contributed by atoms with Crippen LogP contribution in [-0.4, -0.2) is 6.54 Å². The van der Waals surface area contributed by atoms with Crippen molar-refractivity contribution in [3.63, 3.8) is 0 Å². The normalized spacial score (nSPS) is 10.7. The topological polar surface area (TPSA) is 39.2 Å². The number of aryl methyl sites for hydroxylation is 1. The van der Waals surface area contributed by atoms with Crippen LogP contribution >= 0.6 is 0 Å². The first-order valence-corrected chi connectivity index (χ1v) is 5.84. The maximum atomic E-state index is 12.8. The summed E-state index contributed by atoms with van der Waals surface area (Å²) in [4.78, 5) is 0. The Balaban J connectivity index is 2.04. The number of hydrogen-bond acceptors (Lipinski definition) is 2. The van der Waals surface area contributed by atoms with Crippen molar-refractivity contribution < 1.29 is 8.81 Å². The molecule has 2 N–H and O–H groups in total.